The number of H-pyrrole nitrogens is 1. The molecule has 0 spiro atoms. The summed E-state index contributed by atoms with van der Waals surface area (Å²) in [5, 5.41) is 6.23. The predicted molar refractivity (Wildman–Crippen MR) is 53.1 cm³/mol. The molecular formula is C10H8FN3O2. The van der Waals surface area contributed by atoms with Gasteiger partial charge in [-0.2, -0.15) is 5.10 Å². The molecule has 2 aromatic rings. The third-order valence-electron chi connectivity index (χ3n) is 2.01. The molecule has 16 heavy (non-hydrogen) atoms. The minimum atomic E-state index is -0.607. The van der Waals surface area contributed by atoms with Gasteiger partial charge in [-0.1, -0.05) is 0 Å². The molecule has 0 unspecified atom stereocenters. The molecule has 0 saturated carbocycles. The van der Waals surface area contributed by atoms with Crippen molar-refractivity contribution in [2.45, 2.75) is 0 Å². The van der Waals surface area contributed by atoms with E-state index in [0.717, 1.165) is 0 Å². The number of esters is 1. The first-order valence-electron chi connectivity index (χ1n) is 4.46. The van der Waals surface area contributed by atoms with Gasteiger partial charge in [0.25, 0.3) is 0 Å². The van der Waals surface area contributed by atoms with Gasteiger partial charge in [0.1, 0.15) is 17.2 Å². The number of hydrogen-bond donors (Lipinski definition) is 1. The monoisotopic (exact) mass is 221 g/mol. The number of nitrogens with zero attached hydrogens (tertiary/aromatic N) is 2. The van der Waals surface area contributed by atoms with Crippen LogP contribution < -0.4 is 0 Å². The van der Waals surface area contributed by atoms with Crippen LogP contribution in [-0.4, -0.2) is 28.3 Å². The zero-order chi connectivity index (χ0) is 11.5. The number of carbonyl (C=O) groups is 1. The highest BCUT2D eigenvalue weighted by molar-refractivity contribution is 5.87. The summed E-state index contributed by atoms with van der Waals surface area (Å²) in [5.41, 5.74) is 0.597. The van der Waals surface area contributed by atoms with E-state index in [1.54, 1.807) is 0 Å². The van der Waals surface area contributed by atoms with Gasteiger partial charge >= 0.3 is 5.97 Å². The Bertz CT molecular complexity index is 511. The minimum Gasteiger partial charge on any atom is -0.464 e. The summed E-state index contributed by atoms with van der Waals surface area (Å²) in [5.74, 6) is -1.13. The van der Waals surface area contributed by atoms with E-state index in [0.29, 0.717) is 5.56 Å². The van der Waals surface area contributed by atoms with E-state index < -0.39 is 11.8 Å². The third kappa shape index (κ3) is 1.77. The molecule has 0 bridgehead atoms. The Morgan fingerprint density at radius 1 is 1.50 bits per heavy atom. The average molecular weight is 221 g/mol. The number of methoxy groups -OCH3 is 1. The lowest BCUT2D eigenvalue weighted by Gasteiger charge is -2.02. The SMILES string of the molecule is COC(=O)c1ccc(F)c(-c2cn[nH]c2)n1. The lowest BCUT2D eigenvalue weighted by Crippen LogP contribution is -2.05. The van der Waals surface area contributed by atoms with E-state index >= 15 is 0 Å². The first-order chi connectivity index (χ1) is 7.72. The first-order valence-corrected chi connectivity index (χ1v) is 4.46. The lowest BCUT2D eigenvalue weighted by molar-refractivity contribution is 0.0594. The van der Waals surface area contributed by atoms with Crippen LogP contribution in [0.4, 0.5) is 4.39 Å². The van der Waals surface area contributed by atoms with E-state index in [2.05, 4.69) is 19.9 Å². The van der Waals surface area contributed by atoms with E-state index in [1.807, 2.05) is 0 Å². The molecule has 2 rings (SSSR count). The zero-order valence-electron chi connectivity index (χ0n) is 8.40. The Balaban J connectivity index is 2.49. The summed E-state index contributed by atoms with van der Waals surface area (Å²) in [4.78, 5) is 15.1. The summed E-state index contributed by atoms with van der Waals surface area (Å²) in [7, 11) is 1.24. The molecule has 0 aliphatic rings. The molecular weight excluding hydrogens is 213 g/mol. The molecule has 0 fully saturated rings. The molecule has 2 heterocycles. The summed E-state index contributed by atoms with van der Waals surface area (Å²) in [6.07, 6.45) is 2.92. The van der Waals surface area contributed by atoms with Crippen LogP contribution in [-0.2, 0) is 4.74 Å². The zero-order valence-corrected chi connectivity index (χ0v) is 8.40. The van der Waals surface area contributed by atoms with Crippen molar-refractivity contribution in [1.82, 2.24) is 15.2 Å². The predicted octanol–water partition coefficient (Wildman–Crippen LogP) is 1.40. The minimum absolute atomic E-state index is 0.0556. The third-order valence-corrected chi connectivity index (χ3v) is 2.01. The van der Waals surface area contributed by atoms with Crippen LogP contribution in [0, 0.1) is 5.82 Å². The van der Waals surface area contributed by atoms with E-state index in [1.165, 1.54) is 31.6 Å². The van der Waals surface area contributed by atoms with Gasteiger partial charge in [-0.3, -0.25) is 5.10 Å². The number of hydrogen-bond acceptors (Lipinski definition) is 4. The van der Waals surface area contributed by atoms with Crippen LogP contribution in [0.5, 0.6) is 0 Å². The fraction of sp³-hybridized carbons (Fsp3) is 0.100. The van der Waals surface area contributed by atoms with Gasteiger partial charge in [0.05, 0.1) is 13.3 Å². The highest BCUT2D eigenvalue weighted by Gasteiger charge is 2.13. The van der Waals surface area contributed by atoms with Crippen molar-refractivity contribution in [2.24, 2.45) is 0 Å². The number of ether oxygens (including phenoxy) is 1. The number of nitrogens with one attached hydrogen (secondary N) is 1. The fourth-order valence-electron chi connectivity index (χ4n) is 1.24. The molecule has 0 amide bonds. The second-order valence-electron chi connectivity index (χ2n) is 3.01. The Morgan fingerprint density at radius 2 is 2.31 bits per heavy atom. The topological polar surface area (TPSA) is 67.9 Å². The van der Waals surface area contributed by atoms with Crippen LogP contribution >= 0.6 is 0 Å². The molecule has 0 aliphatic carbocycles. The van der Waals surface area contributed by atoms with Gasteiger partial charge < -0.3 is 4.74 Å². The van der Waals surface area contributed by atoms with Crippen LogP contribution in [0.3, 0.4) is 0 Å². The fourth-order valence-corrected chi connectivity index (χ4v) is 1.24. The quantitative estimate of drug-likeness (QED) is 0.778. The van der Waals surface area contributed by atoms with Gasteiger partial charge in [-0.25, -0.2) is 14.2 Å². The van der Waals surface area contributed by atoms with Gasteiger partial charge in [0.2, 0.25) is 0 Å². The summed E-state index contributed by atoms with van der Waals surface area (Å²) in [6.45, 7) is 0. The highest BCUT2D eigenvalue weighted by atomic mass is 19.1. The van der Waals surface area contributed by atoms with E-state index in [9.17, 15) is 9.18 Å². The first kappa shape index (κ1) is 10.3. The van der Waals surface area contributed by atoms with Crippen molar-refractivity contribution in [3.63, 3.8) is 0 Å². The van der Waals surface area contributed by atoms with Crippen molar-refractivity contribution >= 4 is 5.97 Å². The summed E-state index contributed by atoms with van der Waals surface area (Å²) < 4.78 is 17.9. The maximum atomic E-state index is 13.4. The molecule has 0 radical (unpaired) electrons. The van der Waals surface area contributed by atoms with Crippen molar-refractivity contribution in [2.75, 3.05) is 7.11 Å². The average Bonchev–Trinajstić information content (AvgIpc) is 2.82. The number of rotatable bonds is 2. The lowest BCUT2D eigenvalue weighted by atomic mass is 10.2. The Kier molecular flexibility index (Phi) is 2.63. The Labute approximate surface area is 90.3 Å². The Hall–Kier alpha value is -2.24. The van der Waals surface area contributed by atoms with E-state index in [-0.39, 0.29) is 11.4 Å². The maximum absolute atomic E-state index is 13.4. The smallest absolute Gasteiger partial charge is 0.356 e. The van der Waals surface area contributed by atoms with Crippen LogP contribution in [0.1, 0.15) is 10.5 Å². The van der Waals surface area contributed by atoms with Gasteiger partial charge in [0.15, 0.2) is 0 Å². The molecule has 0 aromatic carbocycles. The highest BCUT2D eigenvalue weighted by Crippen LogP contribution is 2.19. The number of carbonyl (C=O) groups excluding carboxylic acids is 1. The maximum Gasteiger partial charge on any atom is 0.356 e. The molecule has 82 valence electrons. The molecule has 0 saturated heterocycles. The van der Waals surface area contributed by atoms with Crippen molar-refractivity contribution in [3.05, 3.63) is 36.0 Å². The molecule has 0 atom stereocenters. The molecule has 6 heteroatoms. The van der Waals surface area contributed by atoms with Gasteiger partial charge in [-0.15, -0.1) is 0 Å². The van der Waals surface area contributed by atoms with E-state index in [4.69, 9.17) is 0 Å². The van der Waals surface area contributed by atoms with Crippen LogP contribution in [0.2, 0.25) is 0 Å². The number of halogens is 1. The molecule has 1 N–H and O–H groups in total. The normalized spacial score (nSPS) is 10.1. The standard InChI is InChI=1S/C10H8FN3O2/c1-16-10(15)8-3-2-7(11)9(14-8)6-4-12-13-5-6/h2-5H,1H3,(H,12,13). The number of pyridine rings is 1. The molecule has 0 aliphatic heterocycles. The second-order valence-corrected chi connectivity index (χ2v) is 3.01. The van der Waals surface area contributed by atoms with Crippen LogP contribution in [0.25, 0.3) is 11.3 Å². The molecule has 2 aromatic heterocycles. The van der Waals surface area contributed by atoms with Crippen LogP contribution in [0.15, 0.2) is 24.5 Å². The largest absolute Gasteiger partial charge is 0.464 e. The van der Waals surface area contributed by atoms with Gasteiger partial charge in [-0.05, 0) is 12.1 Å². The second kappa shape index (κ2) is 4.09. The summed E-state index contributed by atoms with van der Waals surface area (Å²) in [6, 6.07) is 2.44. The number of aromatic amines is 1. The van der Waals surface area contributed by atoms with Crippen molar-refractivity contribution < 1.29 is 13.9 Å². The molecule has 5 nitrogen and oxygen atoms in total. The van der Waals surface area contributed by atoms with Crippen molar-refractivity contribution in [1.29, 1.82) is 0 Å². The van der Waals surface area contributed by atoms with Crippen molar-refractivity contribution in [3.8, 4) is 11.3 Å². The number of aromatic nitrogens is 3. The Morgan fingerprint density at radius 3 is 2.94 bits per heavy atom. The van der Waals surface area contributed by atoms with Gasteiger partial charge in [0, 0.05) is 11.8 Å². The summed E-state index contributed by atoms with van der Waals surface area (Å²) >= 11 is 0.